The van der Waals surface area contributed by atoms with Crippen molar-refractivity contribution in [2.45, 2.75) is 19.7 Å². The van der Waals surface area contributed by atoms with Crippen LogP contribution in [0.2, 0.25) is 5.02 Å². The van der Waals surface area contributed by atoms with Gasteiger partial charge in [0.25, 0.3) is 0 Å². The molecule has 3 rings (SSSR count). The van der Waals surface area contributed by atoms with Crippen molar-refractivity contribution in [3.05, 3.63) is 71.3 Å². The zero-order valence-electron chi connectivity index (χ0n) is 14.9. The minimum atomic E-state index is 0.408. The van der Waals surface area contributed by atoms with E-state index in [0.29, 0.717) is 42.2 Å². The van der Waals surface area contributed by atoms with Gasteiger partial charge in [-0.15, -0.1) is 6.58 Å². The van der Waals surface area contributed by atoms with Crippen LogP contribution in [-0.4, -0.2) is 27.3 Å². The first-order valence-corrected chi connectivity index (χ1v) is 8.73. The van der Waals surface area contributed by atoms with E-state index in [1.165, 1.54) is 0 Å². The fourth-order valence-corrected chi connectivity index (χ4v) is 2.79. The van der Waals surface area contributed by atoms with Crippen molar-refractivity contribution in [2.75, 3.05) is 12.4 Å². The van der Waals surface area contributed by atoms with Gasteiger partial charge in [0.15, 0.2) is 11.5 Å². The normalized spacial score (nSPS) is 10.4. The predicted molar refractivity (Wildman–Crippen MR) is 104 cm³/mol. The number of allylic oxidation sites excluding steroid dienone is 1. The van der Waals surface area contributed by atoms with E-state index in [4.69, 9.17) is 21.1 Å². The summed E-state index contributed by atoms with van der Waals surface area (Å²) in [6, 6.07) is 13.6. The molecule has 0 fully saturated rings. The molecule has 7 nitrogen and oxygen atoms in total. The summed E-state index contributed by atoms with van der Waals surface area (Å²) >= 11 is 6.43. The maximum absolute atomic E-state index is 6.43. The Morgan fingerprint density at radius 3 is 2.78 bits per heavy atom. The van der Waals surface area contributed by atoms with Crippen LogP contribution in [0.15, 0.2) is 55.1 Å². The number of rotatable bonds is 9. The van der Waals surface area contributed by atoms with Gasteiger partial charge in [-0.3, -0.25) is 0 Å². The lowest BCUT2D eigenvalue weighted by Crippen LogP contribution is -2.08. The molecular weight excluding hydrogens is 366 g/mol. The van der Waals surface area contributed by atoms with E-state index >= 15 is 0 Å². The monoisotopic (exact) mass is 385 g/mol. The minimum Gasteiger partial charge on any atom is -0.493 e. The Morgan fingerprint density at radius 1 is 1.22 bits per heavy atom. The van der Waals surface area contributed by atoms with Crippen LogP contribution in [0.5, 0.6) is 11.5 Å². The summed E-state index contributed by atoms with van der Waals surface area (Å²) in [4.78, 5) is 0. The Balaban J connectivity index is 1.71. The summed E-state index contributed by atoms with van der Waals surface area (Å²) in [5.74, 6) is 1.64. The van der Waals surface area contributed by atoms with E-state index in [9.17, 15) is 0 Å². The van der Waals surface area contributed by atoms with E-state index in [1.54, 1.807) is 17.9 Å². The number of methoxy groups -OCH3 is 1. The predicted octanol–water partition coefficient (Wildman–Crippen LogP) is 3.71. The van der Waals surface area contributed by atoms with Crippen LogP contribution in [-0.2, 0) is 19.7 Å². The molecule has 140 valence electrons. The molecule has 8 heteroatoms. The van der Waals surface area contributed by atoms with Gasteiger partial charge in [0, 0.05) is 6.54 Å². The zero-order valence-corrected chi connectivity index (χ0v) is 15.7. The number of halogens is 1. The third-order valence-electron chi connectivity index (χ3n) is 3.80. The molecule has 0 saturated carbocycles. The highest BCUT2D eigenvalue weighted by Crippen LogP contribution is 2.37. The van der Waals surface area contributed by atoms with Gasteiger partial charge >= 0.3 is 0 Å². The molecule has 2 aromatic carbocycles. The molecule has 1 aromatic heterocycles. The average molecular weight is 386 g/mol. The summed E-state index contributed by atoms with van der Waals surface area (Å²) in [6.07, 6.45) is 1.72. The van der Waals surface area contributed by atoms with Gasteiger partial charge in [0.1, 0.15) is 6.61 Å². The lowest BCUT2D eigenvalue weighted by molar-refractivity contribution is 0.284. The van der Waals surface area contributed by atoms with E-state index in [1.807, 2.05) is 42.5 Å². The molecule has 3 aromatic rings. The highest BCUT2D eigenvalue weighted by molar-refractivity contribution is 6.32. The number of anilines is 1. The van der Waals surface area contributed by atoms with Crippen molar-refractivity contribution < 1.29 is 9.47 Å². The number of tetrazole rings is 1. The van der Waals surface area contributed by atoms with Crippen molar-refractivity contribution in [1.82, 2.24) is 20.2 Å². The molecule has 1 N–H and O–H groups in total. The summed E-state index contributed by atoms with van der Waals surface area (Å²) in [5.41, 5.74) is 1.97. The van der Waals surface area contributed by atoms with Crippen LogP contribution in [0.3, 0.4) is 0 Å². The number of hydrogen-bond acceptors (Lipinski definition) is 6. The molecule has 0 saturated heterocycles. The second kappa shape index (κ2) is 9.05. The van der Waals surface area contributed by atoms with E-state index < -0.39 is 0 Å². The number of benzene rings is 2. The second-order valence-corrected chi connectivity index (χ2v) is 6.12. The minimum absolute atomic E-state index is 0.408. The maximum Gasteiger partial charge on any atom is 0.243 e. The first-order valence-electron chi connectivity index (χ1n) is 8.35. The van der Waals surface area contributed by atoms with Crippen molar-refractivity contribution in [3.63, 3.8) is 0 Å². The molecule has 0 bridgehead atoms. The quantitative estimate of drug-likeness (QED) is 0.566. The zero-order chi connectivity index (χ0) is 19.1. The van der Waals surface area contributed by atoms with Crippen LogP contribution in [0, 0.1) is 0 Å². The topological polar surface area (TPSA) is 74.1 Å². The third kappa shape index (κ3) is 4.77. The largest absolute Gasteiger partial charge is 0.493 e. The molecular formula is C19H20ClN5O2. The lowest BCUT2D eigenvalue weighted by Gasteiger charge is -2.15. The van der Waals surface area contributed by atoms with E-state index in [0.717, 1.165) is 11.1 Å². The van der Waals surface area contributed by atoms with Crippen LogP contribution in [0.1, 0.15) is 11.1 Å². The van der Waals surface area contributed by atoms with Crippen molar-refractivity contribution in [1.29, 1.82) is 0 Å². The fraction of sp³-hybridized carbons (Fsp3) is 0.211. The van der Waals surface area contributed by atoms with Gasteiger partial charge in [-0.1, -0.05) is 53.1 Å². The van der Waals surface area contributed by atoms with Gasteiger partial charge in [0.2, 0.25) is 5.95 Å². The highest BCUT2D eigenvalue weighted by atomic mass is 35.5. The average Bonchev–Trinajstić information content (AvgIpc) is 3.13. The summed E-state index contributed by atoms with van der Waals surface area (Å²) in [5, 5.41) is 15.1. The molecule has 0 aliphatic rings. The number of aromatic nitrogens is 4. The number of nitrogens with zero attached hydrogens (tertiary/aromatic N) is 4. The van der Waals surface area contributed by atoms with Crippen molar-refractivity contribution >= 4 is 17.5 Å². The molecule has 0 spiro atoms. The number of hydrogen-bond donors (Lipinski definition) is 1. The summed E-state index contributed by atoms with van der Waals surface area (Å²) < 4.78 is 12.9. The lowest BCUT2D eigenvalue weighted by atomic mass is 10.2. The van der Waals surface area contributed by atoms with Crippen LogP contribution < -0.4 is 14.8 Å². The molecule has 0 unspecified atom stereocenters. The molecule has 0 aliphatic heterocycles. The molecule has 0 atom stereocenters. The van der Waals surface area contributed by atoms with Gasteiger partial charge in [-0.25, -0.2) is 4.68 Å². The fourth-order valence-electron chi connectivity index (χ4n) is 2.50. The maximum atomic E-state index is 6.43. The molecule has 1 heterocycles. The summed E-state index contributed by atoms with van der Waals surface area (Å²) in [7, 11) is 1.59. The van der Waals surface area contributed by atoms with Gasteiger partial charge in [0.05, 0.1) is 18.7 Å². The third-order valence-corrected chi connectivity index (χ3v) is 4.08. The Hall–Kier alpha value is -3.06. The Bertz CT molecular complexity index is 898. The second-order valence-electron chi connectivity index (χ2n) is 5.71. The smallest absolute Gasteiger partial charge is 0.243 e. The van der Waals surface area contributed by atoms with Crippen LogP contribution >= 0.6 is 11.6 Å². The van der Waals surface area contributed by atoms with Crippen LogP contribution in [0.25, 0.3) is 0 Å². The number of ether oxygens (including phenoxy) is 2. The van der Waals surface area contributed by atoms with E-state index in [2.05, 4.69) is 27.4 Å². The standard InChI is InChI=1S/C19H20ClN5O2/c1-3-9-25-19(22-23-24-25)21-12-15-10-16(20)18(17(11-15)26-2)27-13-14-7-5-4-6-8-14/h3-8,10-11H,1,9,12-13H2,2H3,(H,21,22,24). The molecule has 27 heavy (non-hydrogen) atoms. The Morgan fingerprint density at radius 2 is 2.04 bits per heavy atom. The Kier molecular flexibility index (Phi) is 6.27. The highest BCUT2D eigenvalue weighted by Gasteiger charge is 2.13. The molecule has 0 aliphatic carbocycles. The Labute approximate surface area is 162 Å². The van der Waals surface area contributed by atoms with Gasteiger partial charge in [-0.2, -0.15) is 0 Å². The van der Waals surface area contributed by atoms with Crippen molar-refractivity contribution in [2.24, 2.45) is 0 Å². The molecule has 0 radical (unpaired) electrons. The van der Waals surface area contributed by atoms with E-state index in [-0.39, 0.29) is 0 Å². The van der Waals surface area contributed by atoms with Crippen LogP contribution in [0.4, 0.5) is 5.95 Å². The first kappa shape index (κ1) is 18.7. The van der Waals surface area contributed by atoms with Gasteiger partial charge < -0.3 is 14.8 Å². The first-order chi connectivity index (χ1) is 13.2. The number of nitrogens with one attached hydrogen (secondary N) is 1. The molecule has 0 amide bonds. The van der Waals surface area contributed by atoms with Gasteiger partial charge in [-0.05, 0) is 33.7 Å². The van der Waals surface area contributed by atoms with Crippen molar-refractivity contribution in [3.8, 4) is 11.5 Å². The summed E-state index contributed by atoms with van der Waals surface area (Å²) in [6.45, 7) is 5.09. The SMILES string of the molecule is C=CCn1nnnc1NCc1cc(Cl)c(OCc2ccccc2)c(OC)c1.